The highest BCUT2D eigenvalue weighted by molar-refractivity contribution is 5.88. The Morgan fingerprint density at radius 1 is 1.31 bits per heavy atom. The van der Waals surface area contributed by atoms with Crippen molar-refractivity contribution in [2.45, 2.75) is 12.3 Å². The maximum Gasteiger partial charge on any atom is 0.416 e. The zero-order valence-corrected chi connectivity index (χ0v) is 13.5. The van der Waals surface area contributed by atoms with E-state index in [2.05, 4.69) is 10.3 Å². The van der Waals surface area contributed by atoms with Gasteiger partial charge in [0, 0.05) is 13.1 Å². The molecule has 2 rings (SSSR count). The van der Waals surface area contributed by atoms with Crippen molar-refractivity contribution in [1.82, 2.24) is 9.88 Å². The molecule has 2 amide bonds. The van der Waals surface area contributed by atoms with Gasteiger partial charge in [-0.1, -0.05) is 6.07 Å². The number of nitrogens with one attached hydrogen (secondary N) is 1. The summed E-state index contributed by atoms with van der Waals surface area (Å²) < 4.78 is 55.3. The zero-order valence-electron chi connectivity index (χ0n) is 13.5. The number of hydrogen-bond donors (Lipinski definition) is 2. The van der Waals surface area contributed by atoms with E-state index < -0.39 is 30.7 Å². The molecule has 1 heterocycles. The molecule has 2 aromatic rings. The number of aliphatic hydroxyl groups is 1. The summed E-state index contributed by atoms with van der Waals surface area (Å²) in [7, 11) is 1.10. The van der Waals surface area contributed by atoms with Crippen LogP contribution in [0, 0.1) is 5.82 Å². The lowest BCUT2D eigenvalue weighted by Crippen LogP contribution is -2.43. The number of aromatic nitrogens is 1. The van der Waals surface area contributed by atoms with Gasteiger partial charge in [-0.3, -0.25) is 5.32 Å². The smallest absolute Gasteiger partial charge is 0.416 e. The molecule has 1 aromatic heterocycles. The number of rotatable bonds is 5. The Morgan fingerprint density at radius 2 is 2.04 bits per heavy atom. The van der Waals surface area contributed by atoms with Crippen LogP contribution < -0.4 is 10.1 Å². The summed E-state index contributed by atoms with van der Waals surface area (Å²) >= 11 is 0. The molecule has 1 atom stereocenters. The number of ether oxygens (including phenoxy) is 1. The van der Waals surface area contributed by atoms with Gasteiger partial charge in [-0.2, -0.15) is 13.2 Å². The van der Waals surface area contributed by atoms with Crippen molar-refractivity contribution < 1.29 is 32.2 Å². The van der Waals surface area contributed by atoms with Crippen LogP contribution in [-0.4, -0.2) is 46.9 Å². The van der Waals surface area contributed by atoms with E-state index in [4.69, 9.17) is 9.84 Å². The second-order valence-electron chi connectivity index (χ2n) is 5.31. The largest absolute Gasteiger partial charge is 0.456 e. The number of carbonyl (C=O) groups is 1. The molecule has 0 aliphatic carbocycles. The molecule has 0 saturated heterocycles. The number of alkyl halides is 3. The van der Waals surface area contributed by atoms with Gasteiger partial charge in [-0.05, 0) is 24.3 Å². The van der Waals surface area contributed by atoms with Gasteiger partial charge in [-0.15, -0.1) is 0 Å². The maximum absolute atomic E-state index is 13.1. The Bertz CT molecular complexity index is 753. The number of carbonyl (C=O) groups excluding carboxylic acids is 1. The molecule has 0 aliphatic rings. The number of hydrogen-bond acceptors (Lipinski definition) is 4. The third-order valence-electron chi connectivity index (χ3n) is 3.17. The number of likely N-dealkylation sites (N-methyl/N-ethyl adjacent to an activating group) is 1. The molecule has 10 heteroatoms. The van der Waals surface area contributed by atoms with E-state index in [-0.39, 0.29) is 17.3 Å². The fraction of sp³-hybridized carbons (Fsp3) is 0.250. The van der Waals surface area contributed by atoms with Crippen molar-refractivity contribution in [3.8, 4) is 11.5 Å². The van der Waals surface area contributed by atoms with Crippen molar-refractivity contribution in [1.29, 1.82) is 0 Å². The second-order valence-corrected chi connectivity index (χ2v) is 5.31. The first-order valence-electron chi connectivity index (χ1n) is 7.31. The summed E-state index contributed by atoms with van der Waals surface area (Å²) in [5, 5.41) is 11.2. The zero-order chi connectivity index (χ0) is 19.3. The Balaban J connectivity index is 1.93. The Hall–Kier alpha value is -2.88. The standard InChI is InChI=1S/C16H15F4N3O3/c1-23(9-13(24)16(18,19)20)15(25)22-14-6-5-12(8-21-14)26-11-4-2-3-10(17)7-11/h2-8,13,24H,9H2,1H3,(H,21,22,25)/t13-/m1/s1. The third kappa shape index (κ3) is 5.59. The van der Waals surface area contributed by atoms with Crippen LogP contribution in [0.25, 0.3) is 0 Å². The molecule has 2 N–H and O–H groups in total. The SMILES string of the molecule is CN(C[C@@H](O)C(F)(F)F)C(=O)Nc1ccc(Oc2cccc(F)c2)cn1. The van der Waals surface area contributed by atoms with E-state index in [9.17, 15) is 22.4 Å². The van der Waals surface area contributed by atoms with Crippen LogP contribution in [-0.2, 0) is 0 Å². The molecule has 0 fully saturated rings. The van der Waals surface area contributed by atoms with Crippen molar-refractivity contribution in [3.05, 3.63) is 48.4 Å². The molecular formula is C16H15F4N3O3. The number of urea groups is 1. The van der Waals surface area contributed by atoms with Gasteiger partial charge < -0.3 is 14.7 Å². The number of aliphatic hydroxyl groups excluding tert-OH is 1. The van der Waals surface area contributed by atoms with Crippen LogP contribution in [0.15, 0.2) is 42.6 Å². The Labute approximate surface area is 146 Å². The number of benzene rings is 1. The summed E-state index contributed by atoms with van der Waals surface area (Å²) in [5.41, 5.74) is 0. The van der Waals surface area contributed by atoms with Gasteiger partial charge in [0.2, 0.25) is 0 Å². The van der Waals surface area contributed by atoms with Crippen molar-refractivity contribution in [2.24, 2.45) is 0 Å². The van der Waals surface area contributed by atoms with Crippen LogP contribution >= 0.6 is 0 Å². The molecule has 0 saturated carbocycles. The van der Waals surface area contributed by atoms with Gasteiger partial charge in [0.05, 0.1) is 12.7 Å². The third-order valence-corrected chi connectivity index (χ3v) is 3.17. The fourth-order valence-corrected chi connectivity index (χ4v) is 1.83. The lowest BCUT2D eigenvalue weighted by molar-refractivity contribution is -0.205. The van der Waals surface area contributed by atoms with E-state index in [0.717, 1.165) is 7.05 Å². The molecule has 26 heavy (non-hydrogen) atoms. The van der Waals surface area contributed by atoms with Gasteiger partial charge in [0.15, 0.2) is 6.10 Å². The summed E-state index contributed by atoms with van der Waals surface area (Å²) in [6, 6.07) is 7.38. The number of anilines is 1. The molecule has 0 spiro atoms. The number of halogens is 4. The second kappa shape index (κ2) is 8.00. The first-order chi connectivity index (χ1) is 12.1. The van der Waals surface area contributed by atoms with Crippen molar-refractivity contribution in [2.75, 3.05) is 18.9 Å². The normalized spacial score (nSPS) is 12.4. The van der Waals surface area contributed by atoms with Gasteiger partial charge in [0.1, 0.15) is 23.1 Å². The lowest BCUT2D eigenvalue weighted by Gasteiger charge is -2.22. The first-order valence-corrected chi connectivity index (χ1v) is 7.31. The number of pyridine rings is 1. The number of amides is 2. The molecule has 0 aliphatic heterocycles. The molecule has 0 unspecified atom stereocenters. The average molecular weight is 373 g/mol. The summed E-state index contributed by atoms with van der Waals surface area (Å²) in [4.78, 5) is 16.4. The van der Waals surface area contributed by atoms with Crippen molar-refractivity contribution in [3.63, 3.8) is 0 Å². The Morgan fingerprint density at radius 3 is 2.62 bits per heavy atom. The van der Waals surface area contributed by atoms with Crippen LogP contribution in [0.4, 0.5) is 28.2 Å². The monoisotopic (exact) mass is 373 g/mol. The maximum atomic E-state index is 13.1. The van der Waals surface area contributed by atoms with E-state index in [1.54, 1.807) is 6.07 Å². The summed E-state index contributed by atoms with van der Waals surface area (Å²) in [5.74, 6) is 0.122. The highest BCUT2D eigenvalue weighted by Gasteiger charge is 2.39. The molecule has 0 radical (unpaired) electrons. The molecule has 140 valence electrons. The molecule has 6 nitrogen and oxygen atoms in total. The van der Waals surface area contributed by atoms with Crippen LogP contribution in [0.5, 0.6) is 11.5 Å². The molecule has 1 aromatic carbocycles. The van der Waals surface area contributed by atoms with Crippen LogP contribution in [0.1, 0.15) is 0 Å². The molecular weight excluding hydrogens is 358 g/mol. The summed E-state index contributed by atoms with van der Waals surface area (Å²) in [6.07, 6.45) is -6.21. The lowest BCUT2D eigenvalue weighted by atomic mass is 10.3. The first kappa shape index (κ1) is 19.4. The van der Waals surface area contributed by atoms with Crippen molar-refractivity contribution >= 4 is 11.8 Å². The van der Waals surface area contributed by atoms with Gasteiger partial charge in [-0.25, -0.2) is 14.2 Å². The predicted molar refractivity (Wildman–Crippen MR) is 84.4 cm³/mol. The van der Waals surface area contributed by atoms with Crippen LogP contribution in [0.2, 0.25) is 0 Å². The number of nitrogens with zero attached hydrogens (tertiary/aromatic N) is 2. The quantitative estimate of drug-likeness (QED) is 0.788. The summed E-state index contributed by atoms with van der Waals surface area (Å²) in [6.45, 7) is -0.921. The van der Waals surface area contributed by atoms with E-state index in [1.165, 1.54) is 36.5 Å². The highest BCUT2D eigenvalue weighted by Crippen LogP contribution is 2.23. The molecule has 0 bridgehead atoms. The van der Waals surface area contributed by atoms with Crippen LogP contribution in [0.3, 0.4) is 0 Å². The van der Waals surface area contributed by atoms with E-state index in [0.29, 0.717) is 4.90 Å². The minimum absolute atomic E-state index is 0.0648. The van der Waals surface area contributed by atoms with Gasteiger partial charge >= 0.3 is 12.2 Å². The topological polar surface area (TPSA) is 74.7 Å². The van der Waals surface area contributed by atoms with E-state index in [1.807, 2.05) is 0 Å². The predicted octanol–water partition coefficient (Wildman–Crippen LogP) is 3.40. The minimum Gasteiger partial charge on any atom is -0.456 e. The van der Waals surface area contributed by atoms with Gasteiger partial charge in [0.25, 0.3) is 0 Å². The van der Waals surface area contributed by atoms with E-state index >= 15 is 0 Å². The Kier molecular flexibility index (Phi) is 5.98. The average Bonchev–Trinajstić information content (AvgIpc) is 2.55. The minimum atomic E-state index is -4.82. The fourth-order valence-electron chi connectivity index (χ4n) is 1.83. The highest BCUT2D eigenvalue weighted by atomic mass is 19.4.